The first-order chi connectivity index (χ1) is 8.01. The topological polar surface area (TPSA) is 24.7 Å². The third-order valence-corrected chi connectivity index (χ3v) is 4.40. The first-order valence-corrected chi connectivity index (χ1v) is 6.60. The summed E-state index contributed by atoms with van der Waals surface area (Å²) in [5, 5.41) is 10.9. The van der Waals surface area contributed by atoms with Gasteiger partial charge in [-0.1, -0.05) is 37.3 Å². The van der Waals surface area contributed by atoms with E-state index < -0.39 is 5.60 Å². The van der Waals surface area contributed by atoms with Crippen molar-refractivity contribution in [2.24, 2.45) is 5.92 Å². The predicted octanol–water partition coefficient (Wildman–Crippen LogP) is 0.903. The Morgan fingerprint density at radius 2 is 1.94 bits per heavy atom. The van der Waals surface area contributed by atoms with E-state index in [1.165, 1.54) is 10.5 Å². The van der Waals surface area contributed by atoms with Gasteiger partial charge in [0.2, 0.25) is 0 Å². The van der Waals surface area contributed by atoms with E-state index in [0.717, 1.165) is 19.4 Å². The number of rotatable bonds is 2. The zero-order valence-electron chi connectivity index (χ0n) is 11.1. The Balaban J connectivity index is 2.13. The number of quaternary nitrogens is 1. The van der Waals surface area contributed by atoms with Crippen molar-refractivity contribution in [2.75, 3.05) is 13.6 Å². The van der Waals surface area contributed by atoms with Crippen molar-refractivity contribution in [1.82, 2.24) is 0 Å². The van der Waals surface area contributed by atoms with Crippen LogP contribution < -0.4 is 4.90 Å². The molecule has 0 bridgehead atoms. The van der Waals surface area contributed by atoms with Gasteiger partial charge in [0.15, 0.2) is 0 Å². The van der Waals surface area contributed by atoms with Gasteiger partial charge in [-0.15, -0.1) is 0 Å². The highest BCUT2D eigenvalue weighted by Gasteiger charge is 2.43. The number of likely N-dealkylation sites (tertiary alicyclic amines) is 1. The Labute approximate surface area is 104 Å². The van der Waals surface area contributed by atoms with Gasteiger partial charge in [0, 0.05) is 18.8 Å². The van der Waals surface area contributed by atoms with Gasteiger partial charge in [-0.05, 0) is 12.5 Å². The summed E-state index contributed by atoms with van der Waals surface area (Å²) in [4.78, 5) is 1.54. The van der Waals surface area contributed by atoms with Gasteiger partial charge in [-0.3, -0.25) is 0 Å². The van der Waals surface area contributed by atoms with Gasteiger partial charge in [0.1, 0.15) is 0 Å². The minimum atomic E-state index is -0.528. The lowest BCUT2D eigenvalue weighted by molar-refractivity contribution is -0.916. The molecule has 0 aliphatic carbocycles. The van der Waals surface area contributed by atoms with Crippen LogP contribution in [0.5, 0.6) is 0 Å². The smallest absolute Gasteiger partial charge is 0.0872 e. The van der Waals surface area contributed by atoms with Crippen LogP contribution in [0, 0.1) is 5.92 Å². The van der Waals surface area contributed by atoms with E-state index in [2.05, 4.69) is 33.0 Å². The molecule has 2 heteroatoms. The van der Waals surface area contributed by atoms with E-state index in [1.54, 1.807) is 0 Å². The van der Waals surface area contributed by atoms with Crippen LogP contribution in [0.15, 0.2) is 30.3 Å². The largest absolute Gasteiger partial charge is 0.389 e. The molecule has 1 heterocycles. The van der Waals surface area contributed by atoms with Gasteiger partial charge in [0.25, 0.3) is 0 Å². The second-order valence-electron chi connectivity index (χ2n) is 5.82. The Bertz CT molecular complexity index is 364. The highest BCUT2D eigenvalue weighted by atomic mass is 16.3. The molecule has 2 N–H and O–H groups in total. The summed E-state index contributed by atoms with van der Waals surface area (Å²) >= 11 is 0. The fraction of sp³-hybridized carbons (Fsp3) is 0.600. The lowest BCUT2D eigenvalue weighted by Crippen LogP contribution is -3.15. The molecule has 1 saturated heterocycles. The highest BCUT2D eigenvalue weighted by Crippen LogP contribution is 2.28. The molecule has 1 aromatic rings. The van der Waals surface area contributed by atoms with Crippen molar-refractivity contribution in [2.45, 2.75) is 38.3 Å². The van der Waals surface area contributed by atoms with Crippen LogP contribution in [0.2, 0.25) is 0 Å². The molecule has 0 spiro atoms. The third-order valence-electron chi connectivity index (χ3n) is 4.40. The SMILES string of the molecule is C[C@@H]1C[NH+](C)[C@@H](C)C[C@@]1(O)Cc1ccccc1. The molecular weight excluding hydrogens is 210 g/mol. The molecule has 2 rings (SSSR count). The Kier molecular flexibility index (Phi) is 3.55. The number of piperidine rings is 1. The Morgan fingerprint density at radius 3 is 2.59 bits per heavy atom. The van der Waals surface area contributed by atoms with Crippen LogP contribution in [0.3, 0.4) is 0 Å². The Morgan fingerprint density at radius 1 is 1.29 bits per heavy atom. The highest BCUT2D eigenvalue weighted by molar-refractivity contribution is 5.17. The Hall–Kier alpha value is -0.860. The number of hydrogen-bond acceptors (Lipinski definition) is 1. The van der Waals surface area contributed by atoms with Crippen molar-refractivity contribution in [1.29, 1.82) is 0 Å². The number of aliphatic hydroxyl groups is 1. The van der Waals surface area contributed by atoms with E-state index in [-0.39, 0.29) is 0 Å². The van der Waals surface area contributed by atoms with Gasteiger partial charge in [-0.25, -0.2) is 0 Å². The molecule has 94 valence electrons. The van der Waals surface area contributed by atoms with Crippen LogP contribution in [0.1, 0.15) is 25.8 Å². The molecule has 1 aliphatic rings. The standard InChI is InChI=1S/C15H23NO/c1-12-11-16(3)13(2)9-15(12,17)10-14-7-5-4-6-8-14/h4-8,12-13,17H,9-11H2,1-3H3/p+1/t12-,13+,15-/m1/s1. The summed E-state index contributed by atoms with van der Waals surface area (Å²) in [6.07, 6.45) is 1.68. The molecule has 1 unspecified atom stereocenters. The lowest BCUT2D eigenvalue weighted by Gasteiger charge is -2.43. The summed E-state index contributed by atoms with van der Waals surface area (Å²) < 4.78 is 0. The molecular formula is C15H24NO+. The molecule has 0 amide bonds. The zero-order chi connectivity index (χ0) is 12.5. The summed E-state index contributed by atoms with van der Waals surface area (Å²) in [5.41, 5.74) is 0.717. The summed E-state index contributed by atoms with van der Waals surface area (Å²) in [7, 11) is 2.23. The molecule has 1 aromatic carbocycles. The second-order valence-corrected chi connectivity index (χ2v) is 5.82. The average Bonchev–Trinajstić information content (AvgIpc) is 2.28. The minimum Gasteiger partial charge on any atom is -0.389 e. The molecule has 2 nitrogen and oxygen atoms in total. The maximum Gasteiger partial charge on any atom is 0.0872 e. The molecule has 1 aliphatic heterocycles. The monoisotopic (exact) mass is 234 g/mol. The second kappa shape index (κ2) is 4.79. The first kappa shape index (κ1) is 12.6. The molecule has 17 heavy (non-hydrogen) atoms. The lowest BCUT2D eigenvalue weighted by atomic mass is 9.75. The molecule has 4 atom stereocenters. The van der Waals surface area contributed by atoms with Gasteiger partial charge in [-0.2, -0.15) is 0 Å². The van der Waals surface area contributed by atoms with E-state index in [1.807, 2.05) is 18.2 Å². The van der Waals surface area contributed by atoms with E-state index in [9.17, 15) is 5.11 Å². The molecule has 0 radical (unpaired) electrons. The van der Waals surface area contributed by atoms with Crippen LogP contribution in [0.4, 0.5) is 0 Å². The first-order valence-electron chi connectivity index (χ1n) is 6.60. The minimum absolute atomic E-state index is 0.360. The van der Waals surface area contributed by atoms with Crippen molar-refractivity contribution < 1.29 is 10.0 Å². The quantitative estimate of drug-likeness (QED) is 0.781. The van der Waals surface area contributed by atoms with Crippen LogP contribution in [-0.2, 0) is 6.42 Å². The predicted molar refractivity (Wildman–Crippen MR) is 70.1 cm³/mol. The fourth-order valence-corrected chi connectivity index (χ4v) is 2.98. The van der Waals surface area contributed by atoms with Gasteiger partial charge >= 0.3 is 0 Å². The fourth-order valence-electron chi connectivity index (χ4n) is 2.98. The van der Waals surface area contributed by atoms with Crippen molar-refractivity contribution >= 4 is 0 Å². The van der Waals surface area contributed by atoms with Crippen molar-refractivity contribution in [3.8, 4) is 0 Å². The van der Waals surface area contributed by atoms with Crippen molar-refractivity contribution in [3.05, 3.63) is 35.9 Å². The average molecular weight is 234 g/mol. The number of benzene rings is 1. The number of hydrogen-bond donors (Lipinski definition) is 2. The van der Waals surface area contributed by atoms with Crippen LogP contribution in [-0.4, -0.2) is 30.3 Å². The summed E-state index contributed by atoms with van der Waals surface area (Å²) in [5.74, 6) is 0.360. The maximum atomic E-state index is 10.9. The maximum absolute atomic E-state index is 10.9. The van der Waals surface area contributed by atoms with Gasteiger partial charge in [0.05, 0.1) is 25.2 Å². The van der Waals surface area contributed by atoms with Crippen LogP contribution >= 0.6 is 0 Å². The number of nitrogens with one attached hydrogen (secondary N) is 1. The molecule has 1 fully saturated rings. The van der Waals surface area contributed by atoms with E-state index >= 15 is 0 Å². The zero-order valence-corrected chi connectivity index (χ0v) is 11.1. The molecule has 0 aromatic heterocycles. The van der Waals surface area contributed by atoms with E-state index in [4.69, 9.17) is 0 Å². The summed E-state index contributed by atoms with van der Waals surface area (Å²) in [6.45, 7) is 5.47. The molecule has 0 saturated carbocycles. The van der Waals surface area contributed by atoms with E-state index in [0.29, 0.717) is 12.0 Å². The van der Waals surface area contributed by atoms with Crippen molar-refractivity contribution in [3.63, 3.8) is 0 Å². The van der Waals surface area contributed by atoms with Gasteiger partial charge < -0.3 is 10.0 Å². The third kappa shape index (κ3) is 2.70. The normalized spacial score (nSPS) is 38.0. The summed E-state index contributed by atoms with van der Waals surface area (Å²) in [6, 6.07) is 10.9. The van der Waals surface area contributed by atoms with Crippen LogP contribution in [0.25, 0.3) is 0 Å².